The van der Waals surface area contributed by atoms with Crippen LogP contribution in [0.15, 0.2) is 0 Å². The number of nitrogens with one attached hydrogen (secondary N) is 2. The Morgan fingerprint density at radius 1 is 1.35 bits per heavy atom. The zero-order valence-corrected chi connectivity index (χ0v) is 11.3. The average molecular weight is 287 g/mol. The first-order chi connectivity index (χ1) is 9.49. The maximum atomic E-state index is 11.6. The first kappa shape index (κ1) is 16.4. The van der Waals surface area contributed by atoms with Crippen molar-refractivity contribution >= 4 is 17.8 Å². The molecule has 0 unspecified atom stereocenters. The van der Waals surface area contributed by atoms with Crippen LogP contribution in [0.2, 0.25) is 0 Å². The van der Waals surface area contributed by atoms with Gasteiger partial charge in [0.2, 0.25) is 11.8 Å². The largest absolute Gasteiger partial charge is 0.480 e. The second-order valence-electron chi connectivity index (χ2n) is 4.70. The molecule has 1 heterocycles. The summed E-state index contributed by atoms with van der Waals surface area (Å²) in [5.41, 5.74) is 4.92. The zero-order chi connectivity index (χ0) is 15.0. The topological polar surface area (TPSA) is 131 Å². The highest BCUT2D eigenvalue weighted by Gasteiger charge is 2.22. The molecule has 2 amide bonds. The number of carbonyl (C=O) groups excluding carboxylic acids is 2. The molecule has 0 saturated carbocycles. The SMILES string of the molecule is NC(=O)C[C@@H](NC(=O)CCOC1CCNCC1)C(=O)O. The number of amides is 2. The third-order valence-corrected chi connectivity index (χ3v) is 3.01. The summed E-state index contributed by atoms with van der Waals surface area (Å²) in [6.45, 7) is 2.03. The van der Waals surface area contributed by atoms with E-state index in [0.29, 0.717) is 0 Å². The van der Waals surface area contributed by atoms with Gasteiger partial charge in [-0.25, -0.2) is 4.79 Å². The molecule has 0 bridgehead atoms. The van der Waals surface area contributed by atoms with Crippen LogP contribution in [0.1, 0.15) is 25.7 Å². The Hall–Kier alpha value is -1.67. The number of carboxylic acids is 1. The first-order valence-corrected chi connectivity index (χ1v) is 6.62. The Morgan fingerprint density at radius 2 is 2.00 bits per heavy atom. The standard InChI is InChI=1S/C12H21N3O5/c13-10(16)7-9(12(18)19)15-11(17)3-6-20-8-1-4-14-5-2-8/h8-9,14H,1-7H2,(H2,13,16)(H,15,17)(H,18,19)/t9-/m1/s1. The van der Waals surface area contributed by atoms with E-state index in [4.69, 9.17) is 15.6 Å². The number of rotatable bonds is 8. The lowest BCUT2D eigenvalue weighted by Crippen LogP contribution is -2.43. The molecule has 5 N–H and O–H groups in total. The van der Waals surface area contributed by atoms with Crippen molar-refractivity contribution in [3.05, 3.63) is 0 Å². The number of hydrogen-bond acceptors (Lipinski definition) is 5. The molecule has 114 valence electrons. The van der Waals surface area contributed by atoms with E-state index in [1.807, 2.05) is 0 Å². The molecular formula is C12H21N3O5. The van der Waals surface area contributed by atoms with Gasteiger partial charge in [0.1, 0.15) is 6.04 Å². The minimum Gasteiger partial charge on any atom is -0.480 e. The zero-order valence-electron chi connectivity index (χ0n) is 11.3. The number of aliphatic carboxylic acids is 1. The number of ether oxygens (including phenoxy) is 1. The molecule has 1 aliphatic rings. The highest BCUT2D eigenvalue weighted by Crippen LogP contribution is 2.07. The molecule has 0 aromatic heterocycles. The Balaban J connectivity index is 2.23. The molecular weight excluding hydrogens is 266 g/mol. The van der Waals surface area contributed by atoms with Gasteiger partial charge in [-0.3, -0.25) is 9.59 Å². The van der Waals surface area contributed by atoms with Crippen molar-refractivity contribution in [1.82, 2.24) is 10.6 Å². The summed E-state index contributed by atoms with van der Waals surface area (Å²) < 4.78 is 5.54. The van der Waals surface area contributed by atoms with Crippen LogP contribution < -0.4 is 16.4 Å². The lowest BCUT2D eigenvalue weighted by molar-refractivity contribution is -0.143. The second kappa shape index (κ2) is 8.49. The molecule has 1 aliphatic heterocycles. The van der Waals surface area contributed by atoms with Crippen LogP contribution in [0.25, 0.3) is 0 Å². The van der Waals surface area contributed by atoms with Crippen LogP contribution in [0.5, 0.6) is 0 Å². The van der Waals surface area contributed by atoms with Crippen molar-refractivity contribution in [3.63, 3.8) is 0 Å². The quantitative estimate of drug-likeness (QED) is 0.434. The number of carboxylic acid groups (broad SMARTS) is 1. The minimum absolute atomic E-state index is 0.0620. The normalized spacial score (nSPS) is 17.4. The molecule has 0 aromatic rings. The summed E-state index contributed by atoms with van der Waals surface area (Å²) in [6, 6.07) is -1.28. The summed E-state index contributed by atoms with van der Waals surface area (Å²) in [7, 11) is 0. The van der Waals surface area contributed by atoms with Gasteiger partial charge in [0.15, 0.2) is 0 Å². The van der Waals surface area contributed by atoms with Crippen LogP contribution in [-0.2, 0) is 19.1 Å². The Kier molecular flexibility index (Phi) is 6.96. The third-order valence-electron chi connectivity index (χ3n) is 3.01. The van der Waals surface area contributed by atoms with Crippen LogP contribution in [-0.4, -0.2) is 54.7 Å². The Labute approximate surface area is 117 Å². The third kappa shape index (κ3) is 6.48. The molecule has 1 fully saturated rings. The number of piperidine rings is 1. The van der Waals surface area contributed by atoms with E-state index in [1.165, 1.54) is 0 Å². The molecule has 0 aromatic carbocycles. The van der Waals surface area contributed by atoms with Gasteiger partial charge in [-0.05, 0) is 25.9 Å². The number of primary amides is 1. The molecule has 1 atom stereocenters. The van der Waals surface area contributed by atoms with Crippen molar-refractivity contribution in [2.45, 2.75) is 37.8 Å². The number of hydrogen-bond donors (Lipinski definition) is 4. The molecule has 20 heavy (non-hydrogen) atoms. The van der Waals surface area contributed by atoms with E-state index < -0.39 is 30.2 Å². The van der Waals surface area contributed by atoms with E-state index in [1.54, 1.807) is 0 Å². The van der Waals surface area contributed by atoms with Gasteiger partial charge in [0, 0.05) is 6.42 Å². The smallest absolute Gasteiger partial charge is 0.326 e. The fourth-order valence-electron chi connectivity index (χ4n) is 1.95. The van der Waals surface area contributed by atoms with E-state index in [0.717, 1.165) is 25.9 Å². The predicted octanol–water partition coefficient (Wildman–Crippen LogP) is -1.41. The first-order valence-electron chi connectivity index (χ1n) is 6.62. The molecule has 8 heteroatoms. The van der Waals surface area contributed by atoms with Crippen LogP contribution >= 0.6 is 0 Å². The maximum absolute atomic E-state index is 11.6. The molecule has 8 nitrogen and oxygen atoms in total. The number of nitrogens with two attached hydrogens (primary N) is 1. The fraction of sp³-hybridized carbons (Fsp3) is 0.750. The lowest BCUT2D eigenvalue weighted by Gasteiger charge is -2.22. The van der Waals surface area contributed by atoms with Crippen molar-refractivity contribution in [2.24, 2.45) is 5.73 Å². The van der Waals surface area contributed by atoms with Crippen LogP contribution in [0, 0.1) is 0 Å². The van der Waals surface area contributed by atoms with E-state index in [9.17, 15) is 14.4 Å². The van der Waals surface area contributed by atoms with Gasteiger partial charge < -0.3 is 26.2 Å². The number of carbonyl (C=O) groups is 3. The van der Waals surface area contributed by atoms with Crippen LogP contribution in [0.4, 0.5) is 0 Å². The lowest BCUT2D eigenvalue weighted by atomic mass is 10.1. The van der Waals surface area contributed by atoms with Gasteiger partial charge in [-0.1, -0.05) is 0 Å². The summed E-state index contributed by atoms with van der Waals surface area (Å²) in [4.78, 5) is 33.1. The molecule has 1 saturated heterocycles. The predicted molar refractivity (Wildman–Crippen MR) is 69.8 cm³/mol. The molecule has 0 radical (unpaired) electrons. The second-order valence-corrected chi connectivity index (χ2v) is 4.70. The van der Waals surface area contributed by atoms with E-state index in [-0.39, 0.29) is 19.1 Å². The summed E-state index contributed by atoms with van der Waals surface area (Å²) in [5.74, 6) is -2.52. The highest BCUT2D eigenvalue weighted by molar-refractivity contribution is 5.88. The van der Waals surface area contributed by atoms with Crippen LogP contribution in [0.3, 0.4) is 0 Å². The maximum Gasteiger partial charge on any atom is 0.326 e. The van der Waals surface area contributed by atoms with E-state index in [2.05, 4.69) is 10.6 Å². The fourth-order valence-corrected chi connectivity index (χ4v) is 1.95. The van der Waals surface area contributed by atoms with Crippen molar-refractivity contribution in [1.29, 1.82) is 0 Å². The van der Waals surface area contributed by atoms with Gasteiger partial charge in [0.25, 0.3) is 0 Å². The summed E-state index contributed by atoms with van der Waals surface area (Å²) in [6.07, 6.45) is 1.59. The molecule has 0 spiro atoms. The summed E-state index contributed by atoms with van der Waals surface area (Å²) >= 11 is 0. The van der Waals surface area contributed by atoms with E-state index >= 15 is 0 Å². The average Bonchev–Trinajstić information content (AvgIpc) is 2.38. The Morgan fingerprint density at radius 3 is 2.55 bits per heavy atom. The van der Waals surface area contributed by atoms with Crippen molar-refractivity contribution in [3.8, 4) is 0 Å². The summed E-state index contributed by atoms with van der Waals surface area (Å²) in [5, 5.41) is 14.3. The van der Waals surface area contributed by atoms with Gasteiger partial charge in [-0.2, -0.15) is 0 Å². The van der Waals surface area contributed by atoms with Gasteiger partial charge >= 0.3 is 5.97 Å². The monoisotopic (exact) mass is 287 g/mol. The van der Waals surface area contributed by atoms with Crippen molar-refractivity contribution in [2.75, 3.05) is 19.7 Å². The molecule has 1 rings (SSSR count). The van der Waals surface area contributed by atoms with Gasteiger partial charge in [-0.15, -0.1) is 0 Å². The van der Waals surface area contributed by atoms with Crippen molar-refractivity contribution < 1.29 is 24.2 Å². The molecule has 0 aliphatic carbocycles. The van der Waals surface area contributed by atoms with Gasteiger partial charge in [0.05, 0.1) is 19.1 Å². The highest BCUT2D eigenvalue weighted by atomic mass is 16.5. The minimum atomic E-state index is -1.28. The Bertz CT molecular complexity index is 355.